The van der Waals surface area contributed by atoms with Crippen LogP contribution in [0.1, 0.15) is 122 Å². The Morgan fingerprint density at radius 3 is 1.58 bits per heavy atom. The lowest BCUT2D eigenvalue weighted by molar-refractivity contribution is -0.177. The van der Waals surface area contributed by atoms with Crippen molar-refractivity contribution in [1.29, 1.82) is 0 Å². The molecule has 4 rings (SSSR count). The summed E-state index contributed by atoms with van der Waals surface area (Å²) in [6.45, 7) is 10.3. The van der Waals surface area contributed by atoms with Crippen LogP contribution in [-0.2, 0) is 70.0 Å². The fourth-order valence-corrected chi connectivity index (χ4v) is 9.00. The fraction of sp³-hybridized carbons (Fsp3) is 0.585. The molecule has 0 spiro atoms. The topological polar surface area (TPSA) is 167 Å². The molecule has 0 amide bonds. The number of hydrogen-bond donors (Lipinski definition) is 0. The van der Waals surface area contributed by atoms with Gasteiger partial charge in [-0.2, -0.15) is 0 Å². The number of carbonyl (C=O) groups is 6. The van der Waals surface area contributed by atoms with E-state index in [4.69, 9.17) is 23.7 Å². The third kappa shape index (κ3) is 17.1. The van der Waals surface area contributed by atoms with Crippen LogP contribution in [-0.4, -0.2) is 83.1 Å². The molecule has 2 aromatic carbocycles. The predicted octanol–water partition coefficient (Wildman–Crippen LogP) is 9.45. The summed E-state index contributed by atoms with van der Waals surface area (Å²) in [6, 6.07) is 14.2. The van der Waals surface area contributed by atoms with Crippen LogP contribution in [0.4, 0.5) is 0 Å². The highest BCUT2D eigenvalue weighted by molar-refractivity contribution is 6.30. The average molecular weight is 917 g/mol. The number of aryl methyl sites for hydroxylation is 2. The van der Waals surface area contributed by atoms with Gasteiger partial charge < -0.3 is 33.2 Å². The minimum absolute atomic E-state index is 0.0546. The third-order valence-corrected chi connectivity index (χ3v) is 13.1. The Labute approximate surface area is 391 Å². The van der Waals surface area contributed by atoms with Crippen LogP contribution in [0.5, 0.6) is 5.75 Å². The summed E-state index contributed by atoms with van der Waals surface area (Å²) in [6.07, 6.45) is 19.8. The molecule has 0 unspecified atom stereocenters. The molecule has 0 saturated heterocycles. The second kappa shape index (κ2) is 27.2. The average Bonchev–Trinajstić information content (AvgIpc) is 3.33. The van der Waals surface area contributed by atoms with Gasteiger partial charge in [0.25, 0.3) is 0 Å². The van der Waals surface area contributed by atoms with E-state index in [0.717, 1.165) is 61.0 Å². The first-order valence-corrected chi connectivity index (χ1v) is 23.7. The molecule has 2 fully saturated rings. The van der Waals surface area contributed by atoms with Crippen molar-refractivity contribution < 1.29 is 61.9 Å². The molecule has 0 atom stereocenters. The first kappa shape index (κ1) is 53.2. The molecule has 0 aliphatic heterocycles. The molecular formula is C53H72O13. The maximum Gasteiger partial charge on any atom is 0.417 e. The maximum absolute atomic E-state index is 12.6. The van der Waals surface area contributed by atoms with E-state index in [1.807, 2.05) is 12.1 Å². The lowest BCUT2D eigenvalue weighted by atomic mass is 9.68. The number of methoxy groups -OCH3 is 2. The van der Waals surface area contributed by atoms with Gasteiger partial charge in [-0.3, -0.25) is 0 Å². The highest BCUT2D eigenvalue weighted by Gasteiger charge is 2.39. The van der Waals surface area contributed by atoms with Gasteiger partial charge in [-0.1, -0.05) is 102 Å². The number of esters is 6. The van der Waals surface area contributed by atoms with Crippen molar-refractivity contribution >= 4 is 35.8 Å². The Kier molecular flexibility index (Phi) is 21.9. The zero-order valence-corrected chi connectivity index (χ0v) is 39.9. The van der Waals surface area contributed by atoms with Crippen LogP contribution in [0, 0.1) is 29.1 Å². The Morgan fingerprint density at radius 2 is 1.06 bits per heavy atom. The van der Waals surface area contributed by atoms with Crippen LogP contribution < -0.4 is 4.74 Å². The third-order valence-electron chi connectivity index (χ3n) is 13.1. The van der Waals surface area contributed by atoms with Gasteiger partial charge in [0.05, 0.1) is 20.8 Å². The van der Waals surface area contributed by atoms with Crippen molar-refractivity contribution in [3.05, 3.63) is 77.9 Å². The van der Waals surface area contributed by atoms with Crippen LogP contribution in [0.3, 0.4) is 0 Å². The maximum atomic E-state index is 12.6. The van der Waals surface area contributed by atoms with Gasteiger partial charge in [-0.15, -0.1) is 0 Å². The normalized spacial score (nSPS) is 18.3. The van der Waals surface area contributed by atoms with Gasteiger partial charge in [0.15, 0.2) is 0 Å². The van der Waals surface area contributed by atoms with Gasteiger partial charge >= 0.3 is 35.8 Å². The van der Waals surface area contributed by atoms with E-state index in [0.29, 0.717) is 18.6 Å². The van der Waals surface area contributed by atoms with E-state index < -0.39 is 67.7 Å². The molecule has 0 aromatic heterocycles. The molecule has 2 saturated carbocycles. The SMILES string of the molecule is C=C(C)C(=O)OCCCc1cc(-c2ccc(CCC3CCC(C4CCC(CCCCC)CC4)CC3)cc2)ccc1OCC(COC(=O)C(=C)C)(COC(=O)C(=O)OC)COC(=O)C(=O)OC. The molecule has 13 nitrogen and oxygen atoms in total. The zero-order valence-electron chi connectivity index (χ0n) is 39.9. The Morgan fingerprint density at radius 1 is 0.561 bits per heavy atom. The van der Waals surface area contributed by atoms with Crippen LogP contribution >= 0.6 is 0 Å². The predicted molar refractivity (Wildman–Crippen MR) is 249 cm³/mol. The molecule has 0 heterocycles. The summed E-state index contributed by atoms with van der Waals surface area (Å²) in [4.78, 5) is 73.5. The molecular weight excluding hydrogens is 845 g/mol. The Balaban J connectivity index is 1.47. The molecule has 2 aliphatic carbocycles. The van der Waals surface area contributed by atoms with E-state index in [9.17, 15) is 28.8 Å². The summed E-state index contributed by atoms with van der Waals surface area (Å²) in [5.74, 6) is -2.68. The van der Waals surface area contributed by atoms with Crippen molar-refractivity contribution in [1.82, 2.24) is 0 Å². The van der Waals surface area contributed by atoms with Gasteiger partial charge in [-0.25, -0.2) is 28.8 Å². The summed E-state index contributed by atoms with van der Waals surface area (Å²) in [5, 5.41) is 0. The minimum atomic E-state index is -1.66. The summed E-state index contributed by atoms with van der Waals surface area (Å²) in [5.41, 5.74) is 2.60. The lowest BCUT2D eigenvalue weighted by Crippen LogP contribution is -2.45. The van der Waals surface area contributed by atoms with E-state index in [1.54, 1.807) is 13.0 Å². The molecule has 2 aliphatic rings. The molecule has 0 bridgehead atoms. The summed E-state index contributed by atoms with van der Waals surface area (Å²) in [7, 11) is 2.00. The van der Waals surface area contributed by atoms with Gasteiger partial charge in [0.1, 0.15) is 37.6 Å². The summed E-state index contributed by atoms with van der Waals surface area (Å²) < 4.78 is 36.5. The van der Waals surface area contributed by atoms with E-state index in [-0.39, 0.29) is 17.8 Å². The minimum Gasteiger partial charge on any atom is -0.492 e. The van der Waals surface area contributed by atoms with Gasteiger partial charge in [0.2, 0.25) is 0 Å². The highest BCUT2D eigenvalue weighted by atomic mass is 16.6. The molecule has 2 aromatic rings. The Hall–Kier alpha value is -5.46. The number of benzene rings is 2. The smallest absolute Gasteiger partial charge is 0.417 e. The number of carbonyl (C=O) groups excluding carboxylic acids is 6. The van der Waals surface area contributed by atoms with E-state index in [1.165, 1.54) is 96.0 Å². The zero-order chi connectivity index (χ0) is 48.1. The molecule has 13 heteroatoms. The van der Waals surface area contributed by atoms with Crippen LogP contribution in [0.25, 0.3) is 11.1 Å². The molecule has 0 radical (unpaired) electrons. The monoisotopic (exact) mass is 916 g/mol. The first-order chi connectivity index (χ1) is 31.7. The standard InChI is InChI=1S/C53H72O13/c1-8-9-10-12-38-16-22-41(23-17-38)42-24-18-39(19-25-42)14-15-40-20-26-43(27-21-40)44-28-29-46(45(31-44)13-11-30-62-47(54)36(2)3)63-32-53(33-64-48(55)37(4)5,34-65-51(58)49(56)60-6)35-66-52(59)50(57)61-7/h20-21,26-29,31,38-39,41-42H,2,4,8-19,22-25,30,32-35H2,1,3,5-7H3. The van der Waals surface area contributed by atoms with Crippen molar-refractivity contribution in [3.8, 4) is 16.9 Å². The van der Waals surface area contributed by atoms with Crippen molar-refractivity contribution in [2.75, 3.05) is 47.3 Å². The van der Waals surface area contributed by atoms with Crippen molar-refractivity contribution in [2.45, 2.75) is 124 Å². The van der Waals surface area contributed by atoms with E-state index in [2.05, 4.69) is 53.8 Å². The lowest BCUT2D eigenvalue weighted by Gasteiger charge is -2.38. The van der Waals surface area contributed by atoms with Crippen molar-refractivity contribution in [3.63, 3.8) is 0 Å². The quantitative estimate of drug-likeness (QED) is 0.0322. The second-order valence-corrected chi connectivity index (χ2v) is 18.4. The molecule has 0 N–H and O–H groups in total. The number of rotatable bonds is 24. The Bertz CT molecular complexity index is 1920. The number of hydrogen-bond acceptors (Lipinski definition) is 13. The fourth-order valence-electron chi connectivity index (χ4n) is 9.00. The number of unbranched alkanes of at least 4 members (excludes halogenated alkanes) is 2. The first-order valence-electron chi connectivity index (χ1n) is 23.7. The molecule has 362 valence electrons. The number of ether oxygens (including phenoxy) is 7. The van der Waals surface area contributed by atoms with Crippen LogP contribution in [0.2, 0.25) is 0 Å². The highest BCUT2D eigenvalue weighted by Crippen LogP contribution is 2.43. The largest absolute Gasteiger partial charge is 0.492 e. The van der Waals surface area contributed by atoms with Gasteiger partial charge in [0, 0.05) is 11.1 Å². The van der Waals surface area contributed by atoms with Gasteiger partial charge in [-0.05, 0) is 123 Å². The van der Waals surface area contributed by atoms with Crippen LogP contribution in [0.15, 0.2) is 66.8 Å². The van der Waals surface area contributed by atoms with E-state index >= 15 is 0 Å². The second-order valence-electron chi connectivity index (χ2n) is 18.4. The molecule has 66 heavy (non-hydrogen) atoms. The summed E-state index contributed by atoms with van der Waals surface area (Å²) >= 11 is 0. The van der Waals surface area contributed by atoms with Crippen molar-refractivity contribution in [2.24, 2.45) is 29.1 Å².